The molecule has 3 aromatic heterocycles. The molecular formula is C22H20FN7O. The van der Waals surface area contributed by atoms with Crippen LogP contribution in [0.4, 0.5) is 10.2 Å². The highest BCUT2D eigenvalue weighted by molar-refractivity contribution is 5.82. The number of anilines is 1. The number of halogens is 1. The Morgan fingerprint density at radius 1 is 1.03 bits per heavy atom. The Balaban J connectivity index is 0.00000112. The molecule has 0 aliphatic rings. The zero-order chi connectivity index (χ0) is 21.8. The maximum absolute atomic E-state index is 14.4. The highest BCUT2D eigenvalue weighted by Gasteiger charge is 2.16. The molecule has 0 unspecified atom stereocenters. The van der Waals surface area contributed by atoms with E-state index in [9.17, 15) is 9.18 Å². The average molecular weight is 417 g/mol. The summed E-state index contributed by atoms with van der Waals surface area (Å²) in [5.41, 5.74) is 1.60. The van der Waals surface area contributed by atoms with Gasteiger partial charge in [-0.2, -0.15) is 0 Å². The van der Waals surface area contributed by atoms with E-state index in [0.29, 0.717) is 34.0 Å². The van der Waals surface area contributed by atoms with Crippen LogP contribution in [-0.2, 0) is 6.54 Å². The van der Waals surface area contributed by atoms with Gasteiger partial charge in [-0.25, -0.2) is 24.3 Å². The van der Waals surface area contributed by atoms with Crippen LogP contribution in [0.15, 0.2) is 66.0 Å². The van der Waals surface area contributed by atoms with E-state index in [4.69, 9.17) is 0 Å². The van der Waals surface area contributed by atoms with Crippen molar-refractivity contribution >= 4 is 27.9 Å². The van der Waals surface area contributed by atoms with Crippen LogP contribution in [0.25, 0.3) is 27.8 Å². The molecular weight excluding hydrogens is 397 g/mol. The number of imidazole rings is 1. The molecule has 0 atom stereocenters. The van der Waals surface area contributed by atoms with Crippen LogP contribution in [0.2, 0.25) is 0 Å². The minimum atomic E-state index is -0.598. The van der Waals surface area contributed by atoms with E-state index >= 15 is 0 Å². The fraction of sp³-hybridized carbons (Fsp3) is 0.136. The molecule has 31 heavy (non-hydrogen) atoms. The zero-order valence-electron chi connectivity index (χ0n) is 17.0. The summed E-state index contributed by atoms with van der Waals surface area (Å²) in [7, 11) is 0. The predicted octanol–water partition coefficient (Wildman–Crippen LogP) is 3.83. The van der Waals surface area contributed by atoms with Crippen LogP contribution in [0.3, 0.4) is 0 Å². The summed E-state index contributed by atoms with van der Waals surface area (Å²) >= 11 is 0. The SMILES string of the molecule is CC.O=c1c2c(F)cccc2nc(CNc2ncnc3nc[nH]c23)n1-c1ccccc1. The van der Waals surface area contributed by atoms with Gasteiger partial charge in [-0.05, 0) is 24.3 Å². The van der Waals surface area contributed by atoms with Gasteiger partial charge in [0.1, 0.15) is 28.9 Å². The Hall–Kier alpha value is -4.14. The van der Waals surface area contributed by atoms with Crippen molar-refractivity contribution in [2.45, 2.75) is 20.4 Å². The molecule has 9 heteroatoms. The van der Waals surface area contributed by atoms with Gasteiger partial charge >= 0.3 is 0 Å². The van der Waals surface area contributed by atoms with Gasteiger partial charge in [0.15, 0.2) is 11.5 Å². The normalized spacial score (nSPS) is 10.7. The molecule has 156 valence electrons. The third kappa shape index (κ3) is 3.73. The number of benzene rings is 2. The quantitative estimate of drug-likeness (QED) is 0.461. The van der Waals surface area contributed by atoms with Crippen molar-refractivity contribution in [1.82, 2.24) is 29.5 Å². The second kappa shape index (κ2) is 8.70. The van der Waals surface area contributed by atoms with E-state index in [1.807, 2.05) is 32.0 Å². The van der Waals surface area contributed by atoms with E-state index in [0.717, 1.165) is 0 Å². The lowest BCUT2D eigenvalue weighted by Gasteiger charge is -2.15. The molecule has 0 saturated heterocycles. The summed E-state index contributed by atoms with van der Waals surface area (Å²) in [6, 6.07) is 13.4. The van der Waals surface area contributed by atoms with Crippen molar-refractivity contribution in [2.24, 2.45) is 0 Å². The average Bonchev–Trinajstić information content (AvgIpc) is 3.29. The van der Waals surface area contributed by atoms with E-state index in [1.165, 1.54) is 29.4 Å². The Morgan fingerprint density at radius 2 is 1.84 bits per heavy atom. The van der Waals surface area contributed by atoms with Crippen molar-refractivity contribution in [3.63, 3.8) is 0 Å². The number of fused-ring (bicyclic) bond motifs is 2. The Morgan fingerprint density at radius 3 is 2.65 bits per heavy atom. The van der Waals surface area contributed by atoms with Crippen molar-refractivity contribution in [3.05, 3.63) is 83.2 Å². The number of H-pyrrole nitrogens is 1. The number of rotatable bonds is 4. The fourth-order valence-corrected chi connectivity index (χ4v) is 3.26. The van der Waals surface area contributed by atoms with Crippen LogP contribution in [-0.4, -0.2) is 29.5 Å². The summed E-state index contributed by atoms with van der Waals surface area (Å²) in [5.74, 6) is 0.352. The van der Waals surface area contributed by atoms with E-state index < -0.39 is 11.4 Å². The first-order chi connectivity index (χ1) is 15.2. The number of hydrogen-bond acceptors (Lipinski definition) is 6. The topological polar surface area (TPSA) is 101 Å². The minimum absolute atomic E-state index is 0.0434. The van der Waals surface area contributed by atoms with Gasteiger partial charge in [0.2, 0.25) is 0 Å². The first-order valence-corrected chi connectivity index (χ1v) is 9.86. The monoisotopic (exact) mass is 417 g/mol. The van der Waals surface area contributed by atoms with Gasteiger partial charge in [0, 0.05) is 0 Å². The number of hydrogen-bond donors (Lipinski definition) is 2. The van der Waals surface area contributed by atoms with Crippen molar-refractivity contribution in [1.29, 1.82) is 0 Å². The molecule has 5 rings (SSSR count). The Labute approximate surface area is 176 Å². The molecule has 0 spiro atoms. The molecule has 0 aliphatic heterocycles. The van der Waals surface area contributed by atoms with Crippen LogP contribution in [0.5, 0.6) is 0 Å². The molecule has 0 fully saturated rings. The number of aromatic nitrogens is 6. The molecule has 0 radical (unpaired) electrons. The first kappa shape index (κ1) is 20.1. The van der Waals surface area contributed by atoms with Crippen LogP contribution in [0, 0.1) is 5.82 Å². The minimum Gasteiger partial charge on any atom is -0.361 e. The summed E-state index contributed by atoms with van der Waals surface area (Å²) in [4.78, 5) is 33.1. The third-order valence-electron chi connectivity index (χ3n) is 4.57. The number of nitrogens with one attached hydrogen (secondary N) is 2. The van der Waals surface area contributed by atoms with Crippen LogP contribution < -0.4 is 10.9 Å². The highest BCUT2D eigenvalue weighted by Crippen LogP contribution is 2.18. The number of para-hydroxylation sites is 1. The molecule has 2 N–H and O–H groups in total. The van der Waals surface area contributed by atoms with Gasteiger partial charge in [0.05, 0.1) is 24.1 Å². The van der Waals surface area contributed by atoms with Gasteiger partial charge in [-0.1, -0.05) is 38.1 Å². The van der Waals surface area contributed by atoms with Crippen molar-refractivity contribution < 1.29 is 4.39 Å². The molecule has 5 aromatic rings. The van der Waals surface area contributed by atoms with E-state index in [2.05, 4.69) is 30.2 Å². The Kier molecular flexibility index (Phi) is 5.65. The predicted molar refractivity (Wildman–Crippen MR) is 118 cm³/mol. The van der Waals surface area contributed by atoms with Crippen LogP contribution in [0.1, 0.15) is 19.7 Å². The number of nitrogens with zero attached hydrogens (tertiary/aromatic N) is 5. The number of aromatic amines is 1. The largest absolute Gasteiger partial charge is 0.361 e. The lowest BCUT2D eigenvalue weighted by Crippen LogP contribution is -2.26. The van der Waals surface area contributed by atoms with Gasteiger partial charge in [-0.15, -0.1) is 0 Å². The molecule has 0 bridgehead atoms. The van der Waals surface area contributed by atoms with E-state index in [1.54, 1.807) is 18.2 Å². The lowest BCUT2D eigenvalue weighted by atomic mass is 10.2. The summed E-state index contributed by atoms with van der Waals surface area (Å²) in [5, 5.41) is 3.12. The lowest BCUT2D eigenvalue weighted by molar-refractivity contribution is 0.636. The third-order valence-corrected chi connectivity index (χ3v) is 4.57. The second-order valence-corrected chi connectivity index (χ2v) is 6.32. The van der Waals surface area contributed by atoms with Gasteiger partial charge < -0.3 is 10.3 Å². The smallest absolute Gasteiger partial charge is 0.269 e. The molecule has 8 nitrogen and oxygen atoms in total. The standard InChI is InChI=1S/C20H14FN7O.C2H6/c21-13-7-4-8-14-16(13)20(29)28(12-5-2-1-3-6-12)15(27-14)9-22-18-17-19(24-10-23-17)26-11-25-18;1-2/h1-8,10-11H,9H2,(H2,22,23,24,25,26);1-2H3. The van der Waals surface area contributed by atoms with Gasteiger partial charge in [-0.3, -0.25) is 9.36 Å². The molecule has 0 saturated carbocycles. The van der Waals surface area contributed by atoms with Crippen LogP contribution >= 0.6 is 0 Å². The summed E-state index contributed by atoms with van der Waals surface area (Å²) in [6.45, 7) is 4.18. The maximum atomic E-state index is 14.4. The molecule has 3 heterocycles. The highest BCUT2D eigenvalue weighted by atomic mass is 19.1. The molecule has 0 amide bonds. The summed E-state index contributed by atoms with van der Waals surface area (Å²) < 4.78 is 15.8. The first-order valence-electron chi connectivity index (χ1n) is 9.86. The zero-order valence-corrected chi connectivity index (χ0v) is 17.0. The Bertz CT molecular complexity index is 1400. The maximum Gasteiger partial charge on any atom is 0.269 e. The van der Waals surface area contributed by atoms with Crippen molar-refractivity contribution in [3.8, 4) is 5.69 Å². The fourth-order valence-electron chi connectivity index (χ4n) is 3.26. The van der Waals surface area contributed by atoms with E-state index in [-0.39, 0.29) is 11.9 Å². The molecule has 0 aliphatic carbocycles. The second-order valence-electron chi connectivity index (χ2n) is 6.32. The van der Waals surface area contributed by atoms with Gasteiger partial charge in [0.25, 0.3) is 5.56 Å². The summed E-state index contributed by atoms with van der Waals surface area (Å²) in [6.07, 6.45) is 2.93. The molecule has 2 aromatic carbocycles. The van der Waals surface area contributed by atoms with Crippen molar-refractivity contribution in [2.75, 3.05) is 5.32 Å².